The number of hydrogen-bond donors (Lipinski definition) is 2. The predicted octanol–water partition coefficient (Wildman–Crippen LogP) is 2.06. The number of carbonyl (C=O) groups excluding carboxylic acids is 1. The van der Waals surface area contributed by atoms with E-state index in [-0.39, 0.29) is 5.91 Å². The molecule has 0 aliphatic carbocycles. The molecule has 3 rings (SSSR count). The van der Waals surface area contributed by atoms with E-state index in [1.54, 1.807) is 11.8 Å². The van der Waals surface area contributed by atoms with Gasteiger partial charge in [-0.15, -0.1) is 11.8 Å². The summed E-state index contributed by atoms with van der Waals surface area (Å²) in [4.78, 5) is 17.3. The van der Waals surface area contributed by atoms with E-state index in [1.165, 1.54) is 16.2 Å². The summed E-state index contributed by atoms with van der Waals surface area (Å²) in [6.45, 7) is 6.67. The molecular weight excluding hydrogens is 330 g/mol. The number of para-hydroxylation sites is 1. The quantitative estimate of drug-likeness (QED) is 0.805. The summed E-state index contributed by atoms with van der Waals surface area (Å²) in [6, 6.07) is 16.5. The largest absolute Gasteiger partial charge is 0.360 e. The molecule has 0 spiro atoms. The minimum Gasteiger partial charge on any atom is -0.360 e. The maximum absolute atomic E-state index is 12.3. The topological polar surface area (TPSA) is 36.8 Å². The lowest BCUT2D eigenvalue weighted by Crippen LogP contribution is -3.15. The van der Waals surface area contributed by atoms with Gasteiger partial charge in [-0.3, -0.25) is 4.79 Å². The Morgan fingerprint density at radius 1 is 1.16 bits per heavy atom. The van der Waals surface area contributed by atoms with Crippen molar-refractivity contribution in [3.63, 3.8) is 0 Å². The van der Waals surface area contributed by atoms with Gasteiger partial charge in [0, 0.05) is 16.3 Å². The molecular formula is C20H26N3OS+. The normalized spacial score (nSPS) is 15.2. The third-order valence-electron chi connectivity index (χ3n) is 4.69. The Hall–Kier alpha value is -1.98. The molecule has 132 valence electrons. The molecule has 1 amide bonds. The van der Waals surface area contributed by atoms with Crippen LogP contribution in [0.15, 0.2) is 53.4 Å². The van der Waals surface area contributed by atoms with Gasteiger partial charge in [-0.2, -0.15) is 0 Å². The zero-order valence-corrected chi connectivity index (χ0v) is 15.7. The van der Waals surface area contributed by atoms with Crippen LogP contribution in [0.4, 0.5) is 11.4 Å². The molecule has 5 heteroatoms. The Bertz CT molecular complexity index is 726. The van der Waals surface area contributed by atoms with E-state index in [1.807, 2.05) is 24.5 Å². The van der Waals surface area contributed by atoms with Crippen LogP contribution in [-0.2, 0) is 4.79 Å². The molecule has 2 aromatic rings. The fourth-order valence-electron chi connectivity index (χ4n) is 3.29. The zero-order chi connectivity index (χ0) is 17.6. The second-order valence-corrected chi connectivity index (χ2v) is 7.36. The Kier molecular flexibility index (Phi) is 6.00. The van der Waals surface area contributed by atoms with Crippen LogP contribution in [0.2, 0.25) is 0 Å². The molecule has 0 bridgehead atoms. The molecule has 2 N–H and O–H groups in total. The fourth-order valence-corrected chi connectivity index (χ4v) is 3.75. The van der Waals surface area contributed by atoms with Crippen molar-refractivity contribution in [1.82, 2.24) is 0 Å². The Labute approximate surface area is 154 Å². The number of rotatable bonds is 5. The van der Waals surface area contributed by atoms with Gasteiger partial charge in [-0.05, 0) is 43.0 Å². The first-order valence-corrected chi connectivity index (χ1v) is 9.96. The molecule has 2 aromatic carbocycles. The molecule has 0 atom stereocenters. The van der Waals surface area contributed by atoms with Crippen molar-refractivity contribution < 1.29 is 9.69 Å². The molecule has 0 radical (unpaired) electrons. The van der Waals surface area contributed by atoms with Crippen molar-refractivity contribution >= 4 is 29.0 Å². The van der Waals surface area contributed by atoms with Crippen LogP contribution in [0, 0.1) is 6.92 Å². The third-order valence-corrected chi connectivity index (χ3v) is 5.42. The Balaban J connectivity index is 1.50. The fraction of sp³-hybridized carbons (Fsp3) is 0.350. The van der Waals surface area contributed by atoms with E-state index in [2.05, 4.69) is 47.5 Å². The first kappa shape index (κ1) is 17.8. The van der Waals surface area contributed by atoms with Crippen LogP contribution in [0.3, 0.4) is 0 Å². The molecule has 1 fully saturated rings. The van der Waals surface area contributed by atoms with Crippen LogP contribution in [0.5, 0.6) is 0 Å². The van der Waals surface area contributed by atoms with Gasteiger partial charge in [-0.25, -0.2) is 0 Å². The van der Waals surface area contributed by atoms with Crippen molar-refractivity contribution in [1.29, 1.82) is 0 Å². The molecule has 1 aliphatic rings. The van der Waals surface area contributed by atoms with E-state index in [9.17, 15) is 4.79 Å². The number of quaternary nitrogens is 1. The standard InChI is InChI=1S/C20H25N3OS/c1-16-6-3-4-9-19(16)23-12-10-22(11-13-23)15-20(24)21-17-7-5-8-18(14-17)25-2/h3-9,14H,10-13,15H2,1-2H3,(H,21,24)/p+1. The number of aryl methyl sites for hydroxylation is 1. The average molecular weight is 357 g/mol. The highest BCUT2D eigenvalue weighted by Crippen LogP contribution is 2.19. The number of carbonyl (C=O) groups is 1. The van der Waals surface area contributed by atoms with Gasteiger partial charge in [-0.1, -0.05) is 24.3 Å². The number of nitrogens with zero attached hydrogens (tertiary/aromatic N) is 1. The minimum atomic E-state index is 0.0950. The van der Waals surface area contributed by atoms with Crippen molar-refractivity contribution in [2.24, 2.45) is 0 Å². The smallest absolute Gasteiger partial charge is 0.279 e. The highest BCUT2D eigenvalue weighted by atomic mass is 32.2. The zero-order valence-electron chi connectivity index (χ0n) is 14.9. The van der Waals surface area contributed by atoms with E-state index >= 15 is 0 Å². The van der Waals surface area contributed by atoms with Crippen molar-refractivity contribution in [2.75, 3.05) is 49.2 Å². The third kappa shape index (κ3) is 4.77. The van der Waals surface area contributed by atoms with Gasteiger partial charge >= 0.3 is 0 Å². The summed E-state index contributed by atoms with van der Waals surface area (Å²) in [5.74, 6) is 0.0950. The number of piperazine rings is 1. The van der Waals surface area contributed by atoms with E-state index in [0.29, 0.717) is 6.54 Å². The average Bonchev–Trinajstić information content (AvgIpc) is 2.63. The predicted molar refractivity (Wildman–Crippen MR) is 106 cm³/mol. The number of nitrogens with one attached hydrogen (secondary N) is 2. The second kappa shape index (κ2) is 8.41. The monoisotopic (exact) mass is 356 g/mol. The van der Waals surface area contributed by atoms with Gasteiger partial charge in [0.25, 0.3) is 5.91 Å². The van der Waals surface area contributed by atoms with Gasteiger partial charge in [0.2, 0.25) is 0 Å². The number of thioether (sulfide) groups is 1. The van der Waals surface area contributed by atoms with Crippen LogP contribution in [0.25, 0.3) is 0 Å². The van der Waals surface area contributed by atoms with Gasteiger partial charge in [0.1, 0.15) is 0 Å². The minimum absolute atomic E-state index is 0.0950. The van der Waals surface area contributed by atoms with E-state index in [0.717, 1.165) is 36.8 Å². The molecule has 0 aromatic heterocycles. The number of hydrogen-bond acceptors (Lipinski definition) is 3. The Morgan fingerprint density at radius 2 is 1.92 bits per heavy atom. The highest BCUT2D eigenvalue weighted by Gasteiger charge is 2.23. The van der Waals surface area contributed by atoms with Crippen LogP contribution >= 0.6 is 11.8 Å². The first-order valence-electron chi connectivity index (χ1n) is 8.74. The van der Waals surface area contributed by atoms with Crippen LogP contribution < -0.4 is 15.1 Å². The number of anilines is 2. The summed E-state index contributed by atoms with van der Waals surface area (Å²) >= 11 is 1.68. The lowest BCUT2D eigenvalue weighted by molar-refractivity contribution is -0.892. The van der Waals surface area contributed by atoms with Gasteiger partial charge in [0.15, 0.2) is 6.54 Å². The van der Waals surface area contributed by atoms with E-state index < -0.39 is 0 Å². The summed E-state index contributed by atoms with van der Waals surface area (Å²) in [6.07, 6.45) is 2.04. The molecule has 1 saturated heterocycles. The van der Waals surface area contributed by atoms with Crippen molar-refractivity contribution in [3.05, 3.63) is 54.1 Å². The summed E-state index contributed by atoms with van der Waals surface area (Å²) in [5.41, 5.74) is 3.52. The lowest BCUT2D eigenvalue weighted by Gasteiger charge is -2.34. The number of amides is 1. The highest BCUT2D eigenvalue weighted by molar-refractivity contribution is 7.98. The summed E-state index contributed by atoms with van der Waals surface area (Å²) in [5, 5.41) is 3.03. The second-order valence-electron chi connectivity index (χ2n) is 6.48. The molecule has 0 unspecified atom stereocenters. The van der Waals surface area contributed by atoms with E-state index in [4.69, 9.17) is 0 Å². The van der Waals surface area contributed by atoms with Gasteiger partial charge in [0.05, 0.1) is 26.2 Å². The summed E-state index contributed by atoms with van der Waals surface area (Å²) < 4.78 is 0. The maximum Gasteiger partial charge on any atom is 0.279 e. The van der Waals surface area contributed by atoms with Gasteiger partial charge < -0.3 is 15.1 Å². The molecule has 1 aliphatic heterocycles. The van der Waals surface area contributed by atoms with Crippen molar-refractivity contribution in [3.8, 4) is 0 Å². The maximum atomic E-state index is 12.3. The van der Waals surface area contributed by atoms with Crippen LogP contribution in [-0.4, -0.2) is 44.9 Å². The Morgan fingerprint density at radius 3 is 2.64 bits per heavy atom. The molecule has 25 heavy (non-hydrogen) atoms. The number of benzene rings is 2. The first-order chi connectivity index (χ1) is 12.2. The summed E-state index contributed by atoms with van der Waals surface area (Å²) in [7, 11) is 0. The lowest BCUT2D eigenvalue weighted by atomic mass is 10.1. The SMILES string of the molecule is CSc1cccc(NC(=O)C[NH+]2CCN(c3ccccc3C)CC2)c1. The molecule has 1 heterocycles. The molecule has 0 saturated carbocycles. The van der Waals surface area contributed by atoms with Crippen molar-refractivity contribution in [2.45, 2.75) is 11.8 Å². The van der Waals surface area contributed by atoms with Crippen LogP contribution in [0.1, 0.15) is 5.56 Å². The molecule has 4 nitrogen and oxygen atoms in total.